The smallest absolute Gasteiger partial charge is 0.509 e. The summed E-state index contributed by atoms with van der Waals surface area (Å²) in [6.07, 6.45) is 0. The van der Waals surface area contributed by atoms with Crippen molar-refractivity contribution < 1.29 is 37.3 Å². The molecule has 0 aliphatic rings. The minimum Gasteiger partial charge on any atom is -0.544 e. The van der Waals surface area contributed by atoms with Gasteiger partial charge in [0.25, 0.3) is 20.0 Å². The molecule has 20 heteroatoms. The van der Waals surface area contributed by atoms with Crippen LogP contribution in [0.25, 0.3) is 5.76 Å². The molecule has 0 spiro atoms. The Morgan fingerprint density at radius 1 is 0.388 bits per heavy atom. The van der Waals surface area contributed by atoms with Crippen molar-refractivity contribution in [1.82, 2.24) is 0 Å². The summed E-state index contributed by atoms with van der Waals surface area (Å²) in [5.74, 6) is 0.662. The van der Waals surface area contributed by atoms with Gasteiger partial charge in [-0.2, -0.15) is 0 Å². The molecule has 0 aromatic heterocycles. The highest BCUT2D eigenvalue weighted by Crippen LogP contribution is 2.43. The molecule has 0 heterocycles. The Hall–Kier alpha value is 0.826. The van der Waals surface area contributed by atoms with Gasteiger partial charge in [-0.05, 0) is 137 Å². The molecule has 0 bridgehead atoms. The summed E-state index contributed by atoms with van der Waals surface area (Å²) in [6, 6.07) is 10.3. The highest BCUT2D eigenvalue weighted by Gasteiger charge is 2.67. The number of rotatable bonds is 21. The van der Waals surface area contributed by atoms with Crippen LogP contribution in [-0.2, 0) is 37.3 Å². The van der Waals surface area contributed by atoms with E-state index in [1.54, 1.807) is 0 Å². The van der Waals surface area contributed by atoms with Crippen LogP contribution < -0.4 is 0 Å². The van der Waals surface area contributed by atoms with E-state index in [4.69, 9.17) is 37.3 Å². The fourth-order valence-corrected chi connectivity index (χ4v) is 36.4. The predicted octanol–water partition coefficient (Wildman–Crippen LogP) is 8.35. The van der Waals surface area contributed by atoms with Gasteiger partial charge in [0.15, 0.2) is 49.9 Å². The van der Waals surface area contributed by atoms with Gasteiger partial charge < -0.3 is 37.3 Å². The fourth-order valence-electron chi connectivity index (χ4n) is 4.30. The highest BCUT2D eigenvalue weighted by molar-refractivity contribution is 7.05. The zero-order valence-corrected chi connectivity index (χ0v) is 46.8. The Balaban J connectivity index is 4.83. The minimum absolute atomic E-state index is 0.662. The lowest BCUT2D eigenvalue weighted by Gasteiger charge is -2.48. The van der Waals surface area contributed by atoms with E-state index in [-0.39, 0.29) is 0 Å². The number of benzene rings is 1. The predicted molar refractivity (Wildman–Crippen MR) is 235 cm³/mol. The van der Waals surface area contributed by atoms with Crippen molar-refractivity contribution in [2.45, 2.75) is 137 Å². The van der Waals surface area contributed by atoms with Crippen LogP contribution in [0.3, 0.4) is 0 Å². The van der Waals surface area contributed by atoms with E-state index >= 15 is 0 Å². The topological polar surface area (TPSA) is 83.1 Å². The molecule has 1 aromatic carbocycles. The third kappa shape index (κ3) is 19.6. The molecule has 1 aromatic rings. The molecule has 9 nitrogen and oxygen atoms in total. The molecule has 0 fully saturated rings. The van der Waals surface area contributed by atoms with E-state index in [1.807, 2.05) is 18.2 Å². The summed E-state index contributed by atoms with van der Waals surface area (Å²) in [5.41, 5.74) is 0.901. The Labute approximate surface area is 315 Å². The lowest BCUT2D eigenvalue weighted by molar-refractivity contribution is 0.234. The van der Waals surface area contributed by atoms with E-state index in [1.165, 1.54) is 0 Å². The maximum atomic E-state index is 7.50. The van der Waals surface area contributed by atoms with E-state index < -0.39 is 95.8 Å². The molecule has 0 radical (unpaired) electrons. The molecule has 0 saturated heterocycles. The maximum absolute atomic E-state index is 7.50. The lowest BCUT2D eigenvalue weighted by Crippen LogP contribution is -2.70. The monoisotopic (exact) mass is 872 g/mol. The second-order valence-electron chi connectivity index (χ2n) is 19.3. The first-order chi connectivity index (χ1) is 21.6. The maximum Gasteiger partial charge on any atom is 0.509 e. The van der Waals surface area contributed by atoms with Crippen LogP contribution in [0.5, 0.6) is 0 Å². The normalized spacial score (nSPS) is 15.1. The van der Waals surface area contributed by atoms with Crippen LogP contribution in [0.2, 0.25) is 137 Å². The van der Waals surface area contributed by atoms with Gasteiger partial charge in [0.2, 0.25) is 8.32 Å². The molecule has 0 atom stereocenters. The Morgan fingerprint density at radius 3 is 0.939 bits per heavy atom. The zero-order chi connectivity index (χ0) is 38.5. The summed E-state index contributed by atoms with van der Waals surface area (Å²) in [5, 5.41) is 0. The number of hydrogen-bond acceptors (Lipinski definition) is 9. The van der Waals surface area contributed by atoms with Crippen LogP contribution >= 0.6 is 0 Å². The molecule has 49 heavy (non-hydrogen) atoms. The zero-order valence-electron chi connectivity index (χ0n) is 35.0. The second-order valence-corrected chi connectivity index (χ2v) is 61.2. The SMILES string of the molecule is C[Si](C)(C)O[SiH2]O[Si](O[Si](C)(C)C)(O[Si](C)(C)C)C(=C(O[Si](C)(C)C)c1ccccc1)[Si](O[SiH2]O[Si](C)(C)C)(O[Si](C)(C)C)O[Si](C)(C)C. The van der Waals surface area contributed by atoms with Gasteiger partial charge in [-0.1, -0.05) is 30.3 Å². The van der Waals surface area contributed by atoms with Crippen molar-refractivity contribution in [3.8, 4) is 0 Å². The van der Waals surface area contributed by atoms with Gasteiger partial charge in [0.1, 0.15) is 10.6 Å². The lowest BCUT2D eigenvalue weighted by atomic mass is 10.2. The van der Waals surface area contributed by atoms with Crippen molar-refractivity contribution in [3.05, 3.63) is 40.7 Å². The van der Waals surface area contributed by atoms with Crippen LogP contribution in [0.4, 0.5) is 0 Å². The van der Waals surface area contributed by atoms with Crippen LogP contribution in [0.1, 0.15) is 5.56 Å². The van der Waals surface area contributed by atoms with E-state index in [9.17, 15) is 0 Å². The molecule has 0 unspecified atom stereocenters. The Kier molecular flexibility index (Phi) is 17.1. The van der Waals surface area contributed by atoms with E-state index in [0.29, 0.717) is 10.6 Å². The average Bonchev–Trinajstić information content (AvgIpc) is 2.77. The van der Waals surface area contributed by atoms with Crippen molar-refractivity contribution in [3.63, 3.8) is 0 Å². The van der Waals surface area contributed by atoms with Crippen LogP contribution in [0.15, 0.2) is 35.2 Å². The second kappa shape index (κ2) is 17.5. The molecule has 1 rings (SSSR count). The molecule has 0 aliphatic carbocycles. The van der Waals surface area contributed by atoms with Crippen LogP contribution in [0, 0.1) is 0 Å². The molecule has 0 aliphatic heterocycles. The summed E-state index contributed by atoms with van der Waals surface area (Å²) in [4.78, 5) is 0.710. The Morgan fingerprint density at radius 2 is 0.694 bits per heavy atom. The highest BCUT2D eigenvalue weighted by atomic mass is 28.5. The van der Waals surface area contributed by atoms with Crippen molar-refractivity contribution in [2.24, 2.45) is 0 Å². The fraction of sp³-hybridized carbons (Fsp3) is 0.724. The van der Waals surface area contributed by atoms with Crippen molar-refractivity contribution in [2.75, 3.05) is 0 Å². The van der Waals surface area contributed by atoms with Crippen molar-refractivity contribution in [1.29, 1.82) is 0 Å². The third-order valence-electron chi connectivity index (χ3n) is 5.53. The first kappa shape index (κ1) is 47.8. The minimum atomic E-state index is -4.00. The molecular formula is C29H72O9Si11. The van der Waals surface area contributed by atoms with Gasteiger partial charge in [0.05, 0.1) is 0 Å². The average molecular weight is 874 g/mol. The van der Waals surface area contributed by atoms with Crippen LogP contribution in [-0.4, -0.2) is 95.8 Å². The summed E-state index contributed by atoms with van der Waals surface area (Å²) >= 11 is 0. The van der Waals surface area contributed by atoms with E-state index in [2.05, 4.69) is 150 Å². The largest absolute Gasteiger partial charge is 0.544 e. The van der Waals surface area contributed by atoms with Gasteiger partial charge in [0, 0.05) is 5.56 Å². The van der Waals surface area contributed by atoms with Gasteiger partial charge in [-0.3, -0.25) is 0 Å². The first-order valence-corrected chi connectivity index (χ1v) is 47.0. The molecule has 0 N–H and O–H groups in total. The van der Waals surface area contributed by atoms with Gasteiger partial charge in [-0.25, -0.2) is 0 Å². The molecular weight excluding hydrogens is 801 g/mol. The van der Waals surface area contributed by atoms with E-state index in [0.717, 1.165) is 5.56 Å². The third-order valence-corrected chi connectivity index (χ3v) is 35.8. The Bertz CT molecular complexity index is 1110. The molecule has 0 saturated carbocycles. The quantitative estimate of drug-likeness (QED) is 0.0895. The molecule has 0 amide bonds. The molecule has 286 valence electrons. The summed E-state index contributed by atoms with van der Waals surface area (Å²) in [6.45, 7) is 46.0. The summed E-state index contributed by atoms with van der Waals surface area (Å²) < 4.78 is 65.1. The summed E-state index contributed by atoms with van der Waals surface area (Å²) in [7, 11) is -27.1. The van der Waals surface area contributed by atoms with Gasteiger partial charge >= 0.3 is 17.6 Å². The van der Waals surface area contributed by atoms with Crippen molar-refractivity contribution >= 4 is 102 Å². The standard InChI is InChI=1S/C29H72O9Si11/c1-41(2,3)30-28(27-25-23-22-24-26-27)29(48(35-44(10,11)12,36-45(13,14)15)33-39-31-42(4,5)6)49(37-46(16,17)18,38-47(19,20)21)34-40-32-43(7,8)9/h22-26H,39-40H2,1-21H3. The number of hydrogen-bond donors (Lipinski definition) is 0. The first-order valence-electron chi connectivity index (χ1n) is 17.4. The van der Waals surface area contributed by atoms with Gasteiger partial charge in [-0.15, -0.1) is 0 Å².